The Balaban J connectivity index is 2.26. The number of nitrogen functional groups attached to an aromatic ring is 1. The summed E-state index contributed by atoms with van der Waals surface area (Å²) in [6, 6.07) is 0. The summed E-state index contributed by atoms with van der Waals surface area (Å²) >= 11 is 0. The Kier molecular flexibility index (Phi) is 3.97. The summed E-state index contributed by atoms with van der Waals surface area (Å²) in [7, 11) is 0. The van der Waals surface area contributed by atoms with E-state index < -0.39 is 4.92 Å². The Labute approximate surface area is 115 Å². The van der Waals surface area contributed by atoms with E-state index in [1.165, 1.54) is 13.3 Å². The van der Waals surface area contributed by atoms with Gasteiger partial charge in [0.2, 0.25) is 17.5 Å². The summed E-state index contributed by atoms with van der Waals surface area (Å²) in [5, 5.41) is 11.1. The van der Waals surface area contributed by atoms with Gasteiger partial charge in [-0.05, 0) is 6.42 Å². The monoisotopic (exact) mass is 280 g/mol. The molecule has 1 aliphatic heterocycles. The van der Waals surface area contributed by atoms with Gasteiger partial charge >= 0.3 is 5.69 Å². The molecule has 9 heteroatoms. The lowest BCUT2D eigenvalue weighted by Crippen LogP contribution is -2.34. The number of anilines is 2. The van der Waals surface area contributed by atoms with Gasteiger partial charge in [0.05, 0.1) is 4.92 Å². The van der Waals surface area contributed by atoms with Crippen LogP contribution in [-0.4, -0.2) is 51.9 Å². The molecule has 0 aromatic carbocycles. The van der Waals surface area contributed by atoms with Crippen molar-refractivity contribution in [3.05, 3.63) is 16.4 Å². The SMILES string of the molecule is CC(=O)N1CCCN(c2ncnc(N)c2[N+](=O)[O-])CC1. The summed E-state index contributed by atoms with van der Waals surface area (Å²) in [6.07, 6.45) is 1.94. The first-order valence-electron chi connectivity index (χ1n) is 6.26. The minimum absolute atomic E-state index is 0.00329. The van der Waals surface area contributed by atoms with E-state index in [9.17, 15) is 14.9 Å². The molecule has 1 saturated heterocycles. The predicted molar refractivity (Wildman–Crippen MR) is 72.2 cm³/mol. The second-order valence-corrected chi connectivity index (χ2v) is 4.53. The van der Waals surface area contributed by atoms with Crippen molar-refractivity contribution < 1.29 is 9.72 Å². The van der Waals surface area contributed by atoms with Gasteiger partial charge in [-0.15, -0.1) is 0 Å². The molecule has 2 heterocycles. The van der Waals surface area contributed by atoms with E-state index >= 15 is 0 Å². The lowest BCUT2D eigenvalue weighted by atomic mass is 10.3. The van der Waals surface area contributed by atoms with Gasteiger partial charge in [-0.25, -0.2) is 9.97 Å². The van der Waals surface area contributed by atoms with Crippen molar-refractivity contribution in [1.29, 1.82) is 0 Å². The van der Waals surface area contributed by atoms with Gasteiger partial charge in [0.25, 0.3) is 0 Å². The molecule has 0 radical (unpaired) electrons. The van der Waals surface area contributed by atoms with E-state index in [4.69, 9.17) is 5.73 Å². The topological polar surface area (TPSA) is 118 Å². The van der Waals surface area contributed by atoms with Gasteiger partial charge in [0.1, 0.15) is 6.33 Å². The van der Waals surface area contributed by atoms with Gasteiger partial charge < -0.3 is 15.5 Å². The minimum atomic E-state index is -0.571. The molecule has 1 amide bonds. The Morgan fingerprint density at radius 2 is 2.10 bits per heavy atom. The fourth-order valence-electron chi connectivity index (χ4n) is 2.23. The molecule has 1 aromatic heterocycles. The third-order valence-corrected chi connectivity index (χ3v) is 3.25. The molecule has 0 unspecified atom stereocenters. The summed E-state index contributed by atoms with van der Waals surface area (Å²) in [6.45, 7) is 3.73. The van der Waals surface area contributed by atoms with Crippen molar-refractivity contribution in [1.82, 2.24) is 14.9 Å². The maximum Gasteiger partial charge on any atom is 0.353 e. The van der Waals surface area contributed by atoms with Crippen molar-refractivity contribution in [3.63, 3.8) is 0 Å². The zero-order chi connectivity index (χ0) is 14.7. The highest BCUT2D eigenvalue weighted by atomic mass is 16.6. The molecule has 2 rings (SSSR count). The van der Waals surface area contributed by atoms with Crippen LogP contribution in [0.15, 0.2) is 6.33 Å². The molecule has 0 spiro atoms. The van der Waals surface area contributed by atoms with Gasteiger partial charge in [-0.2, -0.15) is 0 Å². The van der Waals surface area contributed by atoms with Crippen LogP contribution < -0.4 is 10.6 Å². The Bertz CT molecular complexity index is 535. The van der Waals surface area contributed by atoms with Crippen LogP contribution in [0.2, 0.25) is 0 Å². The number of nitrogens with zero attached hydrogens (tertiary/aromatic N) is 5. The molecule has 0 saturated carbocycles. The molecule has 1 fully saturated rings. The predicted octanol–water partition coefficient (Wildman–Crippen LogP) is 0.0256. The van der Waals surface area contributed by atoms with Crippen molar-refractivity contribution in [3.8, 4) is 0 Å². The summed E-state index contributed by atoms with van der Waals surface area (Å²) in [5.41, 5.74) is 5.29. The summed E-state index contributed by atoms with van der Waals surface area (Å²) < 4.78 is 0. The third kappa shape index (κ3) is 2.76. The van der Waals surface area contributed by atoms with Crippen molar-refractivity contribution in [2.45, 2.75) is 13.3 Å². The van der Waals surface area contributed by atoms with Gasteiger partial charge in [0.15, 0.2) is 0 Å². The van der Waals surface area contributed by atoms with Crippen LogP contribution >= 0.6 is 0 Å². The van der Waals surface area contributed by atoms with E-state index in [2.05, 4.69) is 9.97 Å². The fourth-order valence-corrected chi connectivity index (χ4v) is 2.23. The highest BCUT2D eigenvalue weighted by Crippen LogP contribution is 2.30. The van der Waals surface area contributed by atoms with Crippen LogP contribution in [0.25, 0.3) is 0 Å². The van der Waals surface area contributed by atoms with Crippen LogP contribution in [0.5, 0.6) is 0 Å². The molecule has 108 valence electrons. The van der Waals surface area contributed by atoms with E-state index in [-0.39, 0.29) is 23.2 Å². The van der Waals surface area contributed by atoms with Gasteiger partial charge in [0, 0.05) is 33.1 Å². The quantitative estimate of drug-likeness (QED) is 0.599. The molecule has 20 heavy (non-hydrogen) atoms. The maximum atomic E-state index is 11.4. The van der Waals surface area contributed by atoms with E-state index in [0.29, 0.717) is 26.2 Å². The number of hydrogen-bond acceptors (Lipinski definition) is 7. The molecule has 1 aromatic rings. The van der Waals surface area contributed by atoms with E-state index in [1.807, 2.05) is 0 Å². The third-order valence-electron chi connectivity index (χ3n) is 3.25. The number of aromatic nitrogens is 2. The van der Waals surface area contributed by atoms with Crippen molar-refractivity contribution in [2.75, 3.05) is 36.8 Å². The fraction of sp³-hybridized carbons (Fsp3) is 0.545. The standard InChI is InChI=1S/C11H16N6O3/c1-8(18)15-3-2-4-16(6-5-15)11-9(17(19)20)10(12)13-7-14-11/h7H,2-6H2,1H3,(H2,12,13,14). The number of nitro groups is 1. The normalized spacial score (nSPS) is 15.8. The largest absolute Gasteiger partial charge is 0.378 e. The minimum Gasteiger partial charge on any atom is -0.378 e. The van der Waals surface area contributed by atoms with E-state index in [1.54, 1.807) is 9.80 Å². The molecular weight excluding hydrogens is 264 g/mol. The molecule has 0 atom stereocenters. The van der Waals surface area contributed by atoms with Crippen LogP contribution in [0.3, 0.4) is 0 Å². The number of carbonyl (C=O) groups excluding carboxylic acids is 1. The maximum absolute atomic E-state index is 11.4. The first-order valence-corrected chi connectivity index (χ1v) is 6.26. The van der Waals surface area contributed by atoms with Gasteiger partial charge in [-0.3, -0.25) is 14.9 Å². The Hall–Kier alpha value is -2.45. The number of nitrogens with two attached hydrogens (primary N) is 1. The highest BCUT2D eigenvalue weighted by molar-refractivity contribution is 5.73. The Morgan fingerprint density at radius 3 is 2.75 bits per heavy atom. The second-order valence-electron chi connectivity index (χ2n) is 4.53. The number of rotatable bonds is 2. The van der Waals surface area contributed by atoms with Crippen LogP contribution in [0, 0.1) is 10.1 Å². The van der Waals surface area contributed by atoms with Crippen molar-refractivity contribution in [2.24, 2.45) is 0 Å². The van der Waals surface area contributed by atoms with Crippen LogP contribution in [0.4, 0.5) is 17.3 Å². The lowest BCUT2D eigenvalue weighted by molar-refractivity contribution is -0.383. The molecule has 9 nitrogen and oxygen atoms in total. The molecule has 0 bridgehead atoms. The smallest absolute Gasteiger partial charge is 0.353 e. The highest BCUT2D eigenvalue weighted by Gasteiger charge is 2.27. The van der Waals surface area contributed by atoms with Crippen molar-refractivity contribution >= 4 is 23.2 Å². The second kappa shape index (κ2) is 5.68. The lowest BCUT2D eigenvalue weighted by Gasteiger charge is -2.21. The Morgan fingerprint density at radius 1 is 1.35 bits per heavy atom. The number of hydrogen-bond donors (Lipinski definition) is 1. The zero-order valence-corrected chi connectivity index (χ0v) is 11.2. The summed E-state index contributed by atoms with van der Waals surface area (Å²) in [5.74, 6) is 0.0733. The van der Waals surface area contributed by atoms with Crippen LogP contribution in [0.1, 0.15) is 13.3 Å². The molecular formula is C11H16N6O3. The van der Waals surface area contributed by atoms with E-state index in [0.717, 1.165) is 6.42 Å². The molecule has 0 aliphatic carbocycles. The first kappa shape index (κ1) is 14.0. The number of carbonyl (C=O) groups is 1. The van der Waals surface area contributed by atoms with Gasteiger partial charge in [-0.1, -0.05) is 0 Å². The van der Waals surface area contributed by atoms with Crippen LogP contribution in [-0.2, 0) is 4.79 Å². The average Bonchev–Trinajstić information content (AvgIpc) is 2.63. The number of amides is 1. The average molecular weight is 280 g/mol. The summed E-state index contributed by atoms with van der Waals surface area (Å²) in [4.78, 5) is 33.0. The first-order chi connectivity index (χ1) is 9.50. The molecule has 2 N–H and O–H groups in total. The zero-order valence-electron chi connectivity index (χ0n) is 11.2. The molecule has 1 aliphatic rings.